The van der Waals surface area contributed by atoms with Gasteiger partial charge in [-0.25, -0.2) is 9.37 Å². The first-order valence-electron chi connectivity index (χ1n) is 6.28. The first-order valence-corrected chi connectivity index (χ1v) is 6.28. The van der Waals surface area contributed by atoms with Crippen LogP contribution in [0, 0.1) is 5.82 Å². The lowest BCUT2D eigenvalue weighted by Crippen LogP contribution is -2.06. The molecule has 0 atom stereocenters. The predicted molar refractivity (Wildman–Crippen MR) is 71.7 cm³/mol. The number of hydrogen-bond acceptors (Lipinski definition) is 2. The smallest absolute Gasteiger partial charge is 0.131 e. The number of anilines is 1. The Bertz CT molecular complexity index is 546. The fraction of sp³-hybridized carbons (Fsp3) is 0.357. The summed E-state index contributed by atoms with van der Waals surface area (Å²) in [4.78, 5) is 4.53. The van der Waals surface area contributed by atoms with E-state index in [1.807, 2.05) is 17.6 Å². The molecule has 96 valence electrons. The van der Waals surface area contributed by atoms with Crippen LogP contribution in [0.2, 0.25) is 0 Å². The van der Waals surface area contributed by atoms with Gasteiger partial charge < -0.3 is 10.3 Å². The number of aryl methyl sites for hydroxylation is 1. The quantitative estimate of drug-likeness (QED) is 0.901. The maximum Gasteiger partial charge on any atom is 0.131 e. The summed E-state index contributed by atoms with van der Waals surface area (Å²) in [6.07, 6.45) is 1.82. The molecule has 4 heteroatoms. The van der Waals surface area contributed by atoms with Crippen molar-refractivity contribution in [2.75, 3.05) is 5.73 Å². The zero-order valence-corrected chi connectivity index (χ0v) is 10.8. The molecule has 0 amide bonds. The molecule has 3 nitrogen and oxygen atoms in total. The number of hydrogen-bond donors (Lipinski definition) is 1. The molecule has 2 rings (SSSR count). The van der Waals surface area contributed by atoms with Gasteiger partial charge >= 0.3 is 0 Å². The highest BCUT2D eigenvalue weighted by atomic mass is 19.1. The molecule has 2 N–H and O–H groups in total. The Morgan fingerprint density at radius 1 is 1.33 bits per heavy atom. The molecular weight excluding hydrogens is 229 g/mol. The van der Waals surface area contributed by atoms with Gasteiger partial charge in [0, 0.05) is 18.5 Å². The van der Waals surface area contributed by atoms with Gasteiger partial charge in [0.25, 0.3) is 0 Å². The molecule has 0 radical (unpaired) electrons. The number of halogens is 1. The van der Waals surface area contributed by atoms with Gasteiger partial charge in [0.15, 0.2) is 0 Å². The number of nitrogen functional groups attached to an aromatic ring is 1. The number of imidazole rings is 1. The second kappa shape index (κ2) is 5.21. The molecule has 0 aliphatic rings. The van der Waals surface area contributed by atoms with Crippen molar-refractivity contribution in [3.05, 3.63) is 35.9 Å². The van der Waals surface area contributed by atoms with Crippen molar-refractivity contribution in [1.82, 2.24) is 9.55 Å². The Kier molecular flexibility index (Phi) is 3.65. The van der Waals surface area contributed by atoms with Crippen molar-refractivity contribution >= 4 is 5.82 Å². The zero-order chi connectivity index (χ0) is 13.1. The number of rotatable bonds is 4. The van der Waals surface area contributed by atoms with Crippen molar-refractivity contribution in [2.45, 2.75) is 33.2 Å². The number of nitrogens with two attached hydrogens (primary N) is 1. The van der Waals surface area contributed by atoms with Gasteiger partial charge in [0.05, 0.1) is 0 Å². The Hall–Kier alpha value is -1.84. The minimum atomic E-state index is -0.269. The highest BCUT2D eigenvalue weighted by molar-refractivity contribution is 5.71. The predicted octanol–water partition coefficient (Wildman–Crippen LogP) is 3.24. The maximum atomic E-state index is 13.2. The molecule has 0 bridgehead atoms. The standard InChI is InChI=1S/C14H18FN3/c1-3-8-18-12(4-2)17-13(14(18)16)10-6-5-7-11(15)9-10/h5-7,9H,3-4,8,16H2,1-2H3. The average Bonchev–Trinajstić information content (AvgIpc) is 2.67. The Morgan fingerprint density at radius 2 is 2.11 bits per heavy atom. The molecule has 0 unspecified atom stereocenters. The topological polar surface area (TPSA) is 43.8 Å². The SMILES string of the molecule is CCCn1c(CC)nc(-c2cccc(F)c2)c1N. The largest absolute Gasteiger partial charge is 0.383 e. The van der Waals surface area contributed by atoms with E-state index in [-0.39, 0.29) is 5.82 Å². The second-order valence-electron chi connectivity index (χ2n) is 4.28. The minimum absolute atomic E-state index is 0.269. The number of aromatic nitrogens is 2. The van der Waals surface area contributed by atoms with E-state index in [0.29, 0.717) is 11.5 Å². The summed E-state index contributed by atoms with van der Waals surface area (Å²) in [5.74, 6) is 1.31. The van der Waals surface area contributed by atoms with Crippen LogP contribution in [0.25, 0.3) is 11.3 Å². The molecule has 1 aromatic carbocycles. The van der Waals surface area contributed by atoms with Crippen LogP contribution < -0.4 is 5.73 Å². The van der Waals surface area contributed by atoms with Crippen LogP contribution in [0.4, 0.5) is 10.2 Å². The third-order valence-corrected chi connectivity index (χ3v) is 2.95. The van der Waals surface area contributed by atoms with Gasteiger partial charge in [-0.3, -0.25) is 0 Å². The molecule has 0 aliphatic carbocycles. The highest BCUT2D eigenvalue weighted by Gasteiger charge is 2.14. The third kappa shape index (κ3) is 2.23. The first-order chi connectivity index (χ1) is 8.67. The van der Waals surface area contributed by atoms with E-state index in [1.54, 1.807) is 6.07 Å². The molecule has 2 aromatic rings. The lowest BCUT2D eigenvalue weighted by Gasteiger charge is -2.06. The van der Waals surface area contributed by atoms with Crippen molar-refractivity contribution in [3.8, 4) is 11.3 Å². The van der Waals surface area contributed by atoms with Gasteiger partial charge in [-0.05, 0) is 18.6 Å². The third-order valence-electron chi connectivity index (χ3n) is 2.95. The van der Waals surface area contributed by atoms with Crippen LogP contribution in [0.3, 0.4) is 0 Å². The summed E-state index contributed by atoms with van der Waals surface area (Å²) in [6.45, 7) is 4.99. The summed E-state index contributed by atoms with van der Waals surface area (Å²) < 4.78 is 15.3. The monoisotopic (exact) mass is 247 g/mol. The summed E-state index contributed by atoms with van der Waals surface area (Å²) in [5, 5.41) is 0. The zero-order valence-electron chi connectivity index (χ0n) is 10.8. The van der Waals surface area contributed by atoms with Gasteiger partial charge in [0.1, 0.15) is 23.2 Å². The first kappa shape index (κ1) is 12.6. The summed E-state index contributed by atoms with van der Waals surface area (Å²) >= 11 is 0. The van der Waals surface area contributed by atoms with E-state index >= 15 is 0 Å². The number of benzene rings is 1. The minimum Gasteiger partial charge on any atom is -0.383 e. The van der Waals surface area contributed by atoms with Crippen LogP contribution in [0.1, 0.15) is 26.1 Å². The Labute approximate surface area is 106 Å². The fourth-order valence-corrected chi connectivity index (χ4v) is 2.10. The summed E-state index contributed by atoms with van der Waals surface area (Å²) in [6, 6.07) is 6.39. The second-order valence-corrected chi connectivity index (χ2v) is 4.28. The molecule has 1 heterocycles. The van der Waals surface area contributed by atoms with E-state index in [2.05, 4.69) is 11.9 Å². The summed E-state index contributed by atoms with van der Waals surface area (Å²) in [7, 11) is 0. The highest BCUT2D eigenvalue weighted by Crippen LogP contribution is 2.27. The maximum absolute atomic E-state index is 13.2. The van der Waals surface area contributed by atoms with Gasteiger partial charge in [-0.1, -0.05) is 26.0 Å². The molecule has 0 spiro atoms. The van der Waals surface area contributed by atoms with Crippen LogP contribution >= 0.6 is 0 Å². The van der Waals surface area contributed by atoms with E-state index in [9.17, 15) is 4.39 Å². The van der Waals surface area contributed by atoms with Crippen molar-refractivity contribution in [3.63, 3.8) is 0 Å². The molecule has 0 fully saturated rings. The van der Waals surface area contributed by atoms with Crippen LogP contribution in [0.15, 0.2) is 24.3 Å². The van der Waals surface area contributed by atoms with Gasteiger partial charge in [-0.15, -0.1) is 0 Å². The van der Waals surface area contributed by atoms with Crippen molar-refractivity contribution < 1.29 is 4.39 Å². The van der Waals surface area contributed by atoms with E-state index in [0.717, 1.165) is 30.8 Å². The molecule has 18 heavy (non-hydrogen) atoms. The van der Waals surface area contributed by atoms with Crippen LogP contribution in [-0.4, -0.2) is 9.55 Å². The average molecular weight is 247 g/mol. The summed E-state index contributed by atoms with van der Waals surface area (Å²) in [5.41, 5.74) is 7.54. The number of nitrogens with zero attached hydrogens (tertiary/aromatic N) is 2. The lowest BCUT2D eigenvalue weighted by molar-refractivity contribution is 0.628. The van der Waals surface area contributed by atoms with Crippen LogP contribution in [0.5, 0.6) is 0 Å². The molecule has 0 aliphatic heterocycles. The van der Waals surface area contributed by atoms with Crippen LogP contribution in [-0.2, 0) is 13.0 Å². The van der Waals surface area contributed by atoms with Crippen molar-refractivity contribution in [1.29, 1.82) is 0 Å². The molecule has 1 aromatic heterocycles. The lowest BCUT2D eigenvalue weighted by atomic mass is 10.1. The van der Waals surface area contributed by atoms with E-state index < -0.39 is 0 Å². The fourth-order valence-electron chi connectivity index (χ4n) is 2.10. The van der Waals surface area contributed by atoms with Crippen molar-refractivity contribution in [2.24, 2.45) is 0 Å². The van der Waals surface area contributed by atoms with Gasteiger partial charge in [0.2, 0.25) is 0 Å². The molecule has 0 saturated carbocycles. The van der Waals surface area contributed by atoms with Gasteiger partial charge in [-0.2, -0.15) is 0 Å². The van der Waals surface area contributed by atoms with E-state index in [4.69, 9.17) is 5.73 Å². The Balaban J connectivity index is 2.51. The normalized spacial score (nSPS) is 10.8. The van der Waals surface area contributed by atoms with E-state index in [1.165, 1.54) is 12.1 Å². The Morgan fingerprint density at radius 3 is 2.72 bits per heavy atom. The molecular formula is C14H18FN3. The molecule has 0 saturated heterocycles.